The summed E-state index contributed by atoms with van der Waals surface area (Å²) >= 11 is 0. The monoisotopic (exact) mass is 368 g/mol. The summed E-state index contributed by atoms with van der Waals surface area (Å²) in [6.07, 6.45) is 1.47. The van der Waals surface area contributed by atoms with Crippen LogP contribution in [0.3, 0.4) is 0 Å². The van der Waals surface area contributed by atoms with Crippen LogP contribution in [-0.2, 0) is 16.8 Å². The Labute approximate surface area is 157 Å². The average molecular weight is 368 g/mol. The first-order chi connectivity index (χ1) is 12.9. The molecule has 1 saturated heterocycles. The number of aryl methyl sites for hydroxylation is 1. The van der Waals surface area contributed by atoms with E-state index in [0.29, 0.717) is 36.9 Å². The minimum absolute atomic E-state index is 0.0745. The molecular weight excluding hydrogens is 347 g/mol. The number of carbonyl (C=O) groups excluding carboxylic acids is 2. The van der Waals surface area contributed by atoms with Crippen molar-refractivity contribution in [1.29, 1.82) is 0 Å². The van der Waals surface area contributed by atoms with Crippen molar-refractivity contribution in [2.45, 2.75) is 24.9 Å². The van der Waals surface area contributed by atoms with Crippen LogP contribution in [0, 0.1) is 5.82 Å². The fraction of sp³-hybridized carbons (Fsp3) is 0.333. The molecule has 1 N–H and O–H groups in total. The Hall–Kier alpha value is -2.73. The molecule has 4 rings (SSSR count). The fourth-order valence-electron chi connectivity index (χ4n) is 3.94. The molecule has 27 heavy (non-hydrogen) atoms. The summed E-state index contributed by atoms with van der Waals surface area (Å²) in [6, 6.07) is 11.1. The second-order valence-corrected chi connectivity index (χ2v) is 7.31. The maximum Gasteiger partial charge on any atom is 0.253 e. The number of anilines is 1. The Morgan fingerprint density at radius 1 is 1.15 bits per heavy atom. The lowest BCUT2D eigenvalue weighted by atomic mass is 9.93. The molecule has 0 saturated carbocycles. The van der Waals surface area contributed by atoms with E-state index in [1.807, 2.05) is 12.1 Å². The molecule has 0 bridgehead atoms. The first kappa shape index (κ1) is 17.7. The van der Waals surface area contributed by atoms with E-state index in [4.69, 9.17) is 0 Å². The molecule has 140 valence electrons. The van der Waals surface area contributed by atoms with Crippen LogP contribution in [-0.4, -0.2) is 42.0 Å². The third-order valence-electron chi connectivity index (χ3n) is 5.59. The molecule has 2 aromatic carbocycles. The van der Waals surface area contributed by atoms with E-state index in [1.165, 1.54) is 12.1 Å². The Kier molecular flexibility index (Phi) is 4.23. The Bertz CT molecular complexity index is 912. The van der Waals surface area contributed by atoms with Gasteiger partial charge in [-0.3, -0.25) is 9.59 Å². The molecule has 0 aromatic heterocycles. The standard InChI is InChI=1S/C21H21FN2O3/c1-23-18-8-2-15(12-14(18)3-9-19(23)25)20(26)24-11-10-21(27,13-24)16-4-6-17(22)7-5-16/h2,4-8,12,27H,3,9-11,13H2,1H3. The number of rotatable bonds is 2. The Balaban J connectivity index is 1.54. The van der Waals surface area contributed by atoms with Crippen molar-refractivity contribution in [1.82, 2.24) is 4.90 Å². The van der Waals surface area contributed by atoms with Crippen LogP contribution < -0.4 is 4.90 Å². The summed E-state index contributed by atoms with van der Waals surface area (Å²) in [5.74, 6) is -0.424. The van der Waals surface area contributed by atoms with Gasteiger partial charge in [-0.1, -0.05) is 12.1 Å². The van der Waals surface area contributed by atoms with Crippen molar-refractivity contribution < 1.29 is 19.1 Å². The zero-order valence-corrected chi connectivity index (χ0v) is 15.1. The zero-order valence-electron chi connectivity index (χ0n) is 15.1. The van der Waals surface area contributed by atoms with Gasteiger partial charge < -0.3 is 14.9 Å². The molecule has 0 spiro atoms. The van der Waals surface area contributed by atoms with Crippen LogP contribution in [0.25, 0.3) is 0 Å². The number of hydrogen-bond donors (Lipinski definition) is 1. The molecule has 1 atom stereocenters. The van der Waals surface area contributed by atoms with Gasteiger partial charge in [0.05, 0.1) is 6.54 Å². The molecule has 1 unspecified atom stereocenters. The van der Waals surface area contributed by atoms with Crippen LogP contribution in [0.4, 0.5) is 10.1 Å². The van der Waals surface area contributed by atoms with Crippen LogP contribution in [0.2, 0.25) is 0 Å². The third kappa shape index (κ3) is 3.10. The molecule has 2 heterocycles. The van der Waals surface area contributed by atoms with Crippen molar-refractivity contribution in [2.75, 3.05) is 25.0 Å². The van der Waals surface area contributed by atoms with E-state index in [0.717, 1.165) is 11.3 Å². The van der Waals surface area contributed by atoms with Crippen LogP contribution in [0.5, 0.6) is 0 Å². The number of carbonyl (C=O) groups is 2. The van der Waals surface area contributed by atoms with Gasteiger partial charge in [0.1, 0.15) is 11.4 Å². The summed E-state index contributed by atoms with van der Waals surface area (Å²) in [5.41, 5.74) is 1.83. The SMILES string of the molecule is CN1C(=O)CCc2cc(C(=O)N3CCC(O)(c4ccc(F)cc4)C3)ccc21. The van der Waals surface area contributed by atoms with Gasteiger partial charge in [-0.05, 0) is 54.3 Å². The second-order valence-electron chi connectivity index (χ2n) is 7.31. The van der Waals surface area contributed by atoms with Crippen LogP contribution >= 0.6 is 0 Å². The van der Waals surface area contributed by atoms with Crippen LogP contribution in [0.1, 0.15) is 34.3 Å². The molecule has 2 aliphatic heterocycles. The number of halogens is 1. The van der Waals surface area contributed by atoms with E-state index >= 15 is 0 Å². The normalized spacial score (nSPS) is 22.1. The van der Waals surface area contributed by atoms with Crippen molar-refractivity contribution in [3.05, 3.63) is 65.0 Å². The van der Waals surface area contributed by atoms with E-state index in [-0.39, 0.29) is 24.2 Å². The largest absolute Gasteiger partial charge is 0.383 e. The lowest BCUT2D eigenvalue weighted by molar-refractivity contribution is -0.118. The summed E-state index contributed by atoms with van der Waals surface area (Å²) < 4.78 is 13.1. The number of fused-ring (bicyclic) bond motifs is 1. The first-order valence-corrected chi connectivity index (χ1v) is 9.04. The van der Waals surface area contributed by atoms with Crippen molar-refractivity contribution in [3.63, 3.8) is 0 Å². The summed E-state index contributed by atoms with van der Waals surface area (Å²) in [7, 11) is 1.74. The molecule has 2 aromatic rings. The predicted molar refractivity (Wildman–Crippen MR) is 99.0 cm³/mol. The molecule has 2 aliphatic rings. The Morgan fingerprint density at radius 3 is 2.63 bits per heavy atom. The van der Waals surface area contributed by atoms with Crippen molar-refractivity contribution >= 4 is 17.5 Å². The maximum absolute atomic E-state index is 13.1. The lowest BCUT2D eigenvalue weighted by Gasteiger charge is -2.27. The minimum atomic E-state index is -1.16. The molecule has 6 heteroatoms. The van der Waals surface area contributed by atoms with Crippen molar-refractivity contribution in [3.8, 4) is 0 Å². The summed E-state index contributed by atoms with van der Waals surface area (Å²) in [6.45, 7) is 0.606. The molecular formula is C21H21FN2O3. The quantitative estimate of drug-likeness (QED) is 0.886. The second kappa shape index (κ2) is 6.46. The molecule has 0 aliphatic carbocycles. The van der Waals surface area contributed by atoms with Gasteiger partial charge in [-0.2, -0.15) is 0 Å². The first-order valence-electron chi connectivity index (χ1n) is 9.04. The predicted octanol–water partition coefficient (Wildman–Crippen LogP) is 2.47. The van der Waals surface area contributed by atoms with Gasteiger partial charge in [0.25, 0.3) is 5.91 Å². The van der Waals surface area contributed by atoms with E-state index in [9.17, 15) is 19.1 Å². The summed E-state index contributed by atoms with van der Waals surface area (Å²) in [4.78, 5) is 28.0. The molecule has 5 nitrogen and oxygen atoms in total. The van der Waals surface area contributed by atoms with E-state index in [1.54, 1.807) is 35.0 Å². The van der Waals surface area contributed by atoms with Gasteiger partial charge >= 0.3 is 0 Å². The van der Waals surface area contributed by atoms with E-state index in [2.05, 4.69) is 0 Å². The minimum Gasteiger partial charge on any atom is -0.383 e. The smallest absolute Gasteiger partial charge is 0.253 e. The van der Waals surface area contributed by atoms with Crippen molar-refractivity contribution in [2.24, 2.45) is 0 Å². The van der Waals surface area contributed by atoms with Gasteiger partial charge in [-0.15, -0.1) is 0 Å². The lowest BCUT2D eigenvalue weighted by Crippen LogP contribution is -2.35. The Morgan fingerprint density at radius 2 is 1.89 bits per heavy atom. The van der Waals surface area contributed by atoms with E-state index < -0.39 is 5.60 Å². The van der Waals surface area contributed by atoms with Gasteiger partial charge in [0.15, 0.2) is 0 Å². The highest BCUT2D eigenvalue weighted by atomic mass is 19.1. The number of nitrogens with zero attached hydrogens (tertiary/aromatic N) is 2. The average Bonchev–Trinajstić information content (AvgIpc) is 3.08. The number of aliphatic hydroxyl groups is 1. The van der Waals surface area contributed by atoms with Gasteiger partial charge in [0.2, 0.25) is 5.91 Å². The van der Waals surface area contributed by atoms with Crippen LogP contribution in [0.15, 0.2) is 42.5 Å². The molecule has 1 fully saturated rings. The number of benzene rings is 2. The maximum atomic E-state index is 13.1. The number of β-amino-alcohol motifs (C(OH)–C–C–N with tert-alkyl or cyclic N) is 1. The highest BCUT2D eigenvalue weighted by molar-refractivity contribution is 5.99. The zero-order chi connectivity index (χ0) is 19.2. The highest BCUT2D eigenvalue weighted by Crippen LogP contribution is 2.34. The third-order valence-corrected chi connectivity index (χ3v) is 5.59. The molecule has 2 amide bonds. The van der Waals surface area contributed by atoms with Gasteiger partial charge in [0, 0.05) is 31.3 Å². The number of amides is 2. The number of hydrogen-bond acceptors (Lipinski definition) is 3. The van der Waals surface area contributed by atoms with Gasteiger partial charge in [-0.25, -0.2) is 4.39 Å². The summed E-state index contributed by atoms with van der Waals surface area (Å²) in [5, 5.41) is 10.9. The highest BCUT2D eigenvalue weighted by Gasteiger charge is 2.40. The molecule has 0 radical (unpaired) electrons. The number of likely N-dealkylation sites (tertiary alicyclic amines) is 1. The topological polar surface area (TPSA) is 60.9 Å². The fourth-order valence-corrected chi connectivity index (χ4v) is 3.94.